The summed E-state index contributed by atoms with van der Waals surface area (Å²) in [5, 5.41) is 6.11. The van der Waals surface area contributed by atoms with Gasteiger partial charge < -0.3 is 15.2 Å². The number of amides is 1. The van der Waals surface area contributed by atoms with Crippen LogP contribution in [0.25, 0.3) is 0 Å². The summed E-state index contributed by atoms with van der Waals surface area (Å²) in [6.07, 6.45) is -0.619. The largest absolute Gasteiger partial charge is 0.484 e. The summed E-state index contributed by atoms with van der Waals surface area (Å²) in [5.74, 6) is 0.733. The molecule has 124 valence electrons. The standard InChI is InChI=1S/C17H16ClN3O3/c1-11(22)21-17(12-2-6-14(19)7-3-12)24-16(20-21)10-23-15-8-4-13(18)5-9-15/h2-9,17H,10,19H2,1H3. The molecule has 1 aliphatic rings. The molecule has 0 bridgehead atoms. The number of hydrazone groups is 1. The molecular weight excluding hydrogens is 330 g/mol. The predicted octanol–water partition coefficient (Wildman–Crippen LogP) is 3.19. The lowest BCUT2D eigenvalue weighted by Gasteiger charge is -2.19. The van der Waals surface area contributed by atoms with E-state index in [1.54, 1.807) is 48.5 Å². The number of nitrogens with two attached hydrogens (primary N) is 1. The predicted molar refractivity (Wildman–Crippen MR) is 91.6 cm³/mol. The van der Waals surface area contributed by atoms with E-state index >= 15 is 0 Å². The maximum absolute atomic E-state index is 11.8. The van der Waals surface area contributed by atoms with E-state index in [1.807, 2.05) is 0 Å². The highest BCUT2D eigenvalue weighted by Crippen LogP contribution is 2.29. The quantitative estimate of drug-likeness (QED) is 0.863. The van der Waals surface area contributed by atoms with Crippen molar-refractivity contribution >= 4 is 29.1 Å². The lowest BCUT2D eigenvalue weighted by atomic mass is 10.2. The number of benzene rings is 2. The Morgan fingerprint density at radius 2 is 1.92 bits per heavy atom. The van der Waals surface area contributed by atoms with E-state index in [4.69, 9.17) is 26.8 Å². The fourth-order valence-corrected chi connectivity index (χ4v) is 2.35. The maximum atomic E-state index is 11.8. The molecule has 0 fully saturated rings. The van der Waals surface area contributed by atoms with Gasteiger partial charge in [-0.25, -0.2) is 0 Å². The minimum absolute atomic E-state index is 0.108. The number of hydrogen-bond donors (Lipinski definition) is 1. The first-order valence-corrected chi connectivity index (χ1v) is 7.68. The summed E-state index contributed by atoms with van der Waals surface area (Å²) >= 11 is 5.83. The number of anilines is 1. The maximum Gasteiger partial charge on any atom is 0.247 e. The molecule has 0 aliphatic carbocycles. The summed E-state index contributed by atoms with van der Waals surface area (Å²) in [6.45, 7) is 1.54. The first-order chi connectivity index (χ1) is 11.5. The van der Waals surface area contributed by atoms with E-state index in [9.17, 15) is 4.79 Å². The van der Waals surface area contributed by atoms with Crippen molar-refractivity contribution in [2.75, 3.05) is 12.3 Å². The highest BCUT2D eigenvalue weighted by Gasteiger charge is 2.32. The number of hydrogen-bond acceptors (Lipinski definition) is 5. The topological polar surface area (TPSA) is 77.2 Å². The number of nitrogen functional groups attached to an aromatic ring is 1. The Labute approximate surface area is 144 Å². The molecule has 1 amide bonds. The van der Waals surface area contributed by atoms with Crippen molar-refractivity contribution in [2.24, 2.45) is 5.10 Å². The Kier molecular flexibility index (Phi) is 4.57. The van der Waals surface area contributed by atoms with Crippen molar-refractivity contribution in [3.8, 4) is 5.75 Å². The summed E-state index contributed by atoms with van der Waals surface area (Å²) in [6, 6.07) is 14.1. The molecule has 1 aliphatic heterocycles. The molecule has 2 N–H and O–H groups in total. The number of nitrogens with zero attached hydrogens (tertiary/aromatic N) is 2. The molecule has 3 rings (SSSR count). The van der Waals surface area contributed by atoms with Gasteiger partial charge >= 0.3 is 0 Å². The van der Waals surface area contributed by atoms with Gasteiger partial charge in [-0.05, 0) is 36.4 Å². The number of carbonyl (C=O) groups is 1. The van der Waals surface area contributed by atoms with Gasteiger partial charge in [0.2, 0.25) is 18.0 Å². The van der Waals surface area contributed by atoms with E-state index in [2.05, 4.69) is 5.10 Å². The van der Waals surface area contributed by atoms with E-state index in [0.29, 0.717) is 22.4 Å². The highest BCUT2D eigenvalue weighted by molar-refractivity contribution is 6.30. The van der Waals surface area contributed by atoms with Crippen LogP contribution < -0.4 is 10.5 Å². The van der Waals surface area contributed by atoms with Crippen LogP contribution in [0.15, 0.2) is 53.6 Å². The van der Waals surface area contributed by atoms with Crippen molar-refractivity contribution in [3.05, 3.63) is 59.1 Å². The molecule has 6 nitrogen and oxygen atoms in total. The van der Waals surface area contributed by atoms with E-state index in [0.717, 1.165) is 5.56 Å². The molecule has 1 heterocycles. The highest BCUT2D eigenvalue weighted by atomic mass is 35.5. The van der Waals surface area contributed by atoms with Crippen LogP contribution in [0.5, 0.6) is 5.75 Å². The van der Waals surface area contributed by atoms with Gasteiger partial charge in [0.05, 0.1) is 0 Å². The summed E-state index contributed by atoms with van der Waals surface area (Å²) < 4.78 is 11.4. The van der Waals surface area contributed by atoms with Gasteiger partial charge in [-0.3, -0.25) is 4.79 Å². The first-order valence-electron chi connectivity index (χ1n) is 7.30. The summed E-state index contributed by atoms with van der Waals surface area (Å²) in [5.41, 5.74) is 7.11. The molecule has 1 unspecified atom stereocenters. The van der Waals surface area contributed by atoms with Crippen molar-refractivity contribution in [3.63, 3.8) is 0 Å². The molecule has 0 saturated carbocycles. The Morgan fingerprint density at radius 1 is 1.25 bits per heavy atom. The molecule has 0 spiro atoms. The number of rotatable bonds is 4. The van der Waals surface area contributed by atoms with Crippen LogP contribution >= 0.6 is 11.6 Å². The second kappa shape index (κ2) is 6.80. The molecule has 0 aromatic heterocycles. The zero-order chi connectivity index (χ0) is 17.1. The van der Waals surface area contributed by atoms with Gasteiger partial charge in [-0.2, -0.15) is 5.01 Å². The van der Waals surface area contributed by atoms with Crippen LogP contribution in [0.2, 0.25) is 5.02 Å². The second-order valence-electron chi connectivity index (χ2n) is 5.24. The number of ether oxygens (including phenoxy) is 2. The smallest absolute Gasteiger partial charge is 0.247 e. The lowest BCUT2D eigenvalue weighted by Crippen LogP contribution is -2.25. The summed E-state index contributed by atoms with van der Waals surface area (Å²) in [7, 11) is 0. The zero-order valence-corrected chi connectivity index (χ0v) is 13.7. The fraction of sp³-hybridized carbons (Fsp3) is 0.176. The Balaban J connectivity index is 1.70. The molecule has 1 atom stereocenters. The van der Waals surface area contributed by atoms with Crippen molar-refractivity contribution in [2.45, 2.75) is 13.2 Å². The minimum Gasteiger partial charge on any atom is -0.484 e. The van der Waals surface area contributed by atoms with Crippen molar-refractivity contribution in [1.82, 2.24) is 5.01 Å². The van der Waals surface area contributed by atoms with Gasteiger partial charge in [0.25, 0.3) is 0 Å². The van der Waals surface area contributed by atoms with E-state index in [-0.39, 0.29) is 12.5 Å². The van der Waals surface area contributed by atoms with Gasteiger partial charge in [0.15, 0.2) is 6.61 Å². The number of carbonyl (C=O) groups excluding carboxylic acids is 1. The molecule has 7 heteroatoms. The molecule has 2 aromatic rings. The third-order valence-corrected chi connectivity index (χ3v) is 3.66. The van der Waals surface area contributed by atoms with Crippen LogP contribution in [0.3, 0.4) is 0 Å². The van der Waals surface area contributed by atoms with Crippen LogP contribution in [0, 0.1) is 0 Å². The van der Waals surface area contributed by atoms with Crippen LogP contribution in [-0.2, 0) is 9.53 Å². The van der Waals surface area contributed by atoms with Gasteiger partial charge in [0.1, 0.15) is 5.75 Å². The third kappa shape index (κ3) is 3.60. The van der Waals surface area contributed by atoms with Gasteiger partial charge in [-0.1, -0.05) is 23.7 Å². The average molecular weight is 346 g/mol. The van der Waals surface area contributed by atoms with Crippen LogP contribution in [0.1, 0.15) is 18.7 Å². The fourth-order valence-electron chi connectivity index (χ4n) is 2.22. The zero-order valence-electron chi connectivity index (χ0n) is 13.0. The van der Waals surface area contributed by atoms with E-state index in [1.165, 1.54) is 11.9 Å². The lowest BCUT2D eigenvalue weighted by molar-refractivity contribution is -0.135. The normalized spacial score (nSPS) is 16.5. The van der Waals surface area contributed by atoms with Gasteiger partial charge in [0, 0.05) is 23.2 Å². The Bertz CT molecular complexity index is 760. The monoisotopic (exact) mass is 345 g/mol. The SMILES string of the molecule is CC(=O)N1N=C(COc2ccc(Cl)cc2)OC1c1ccc(N)cc1. The number of halogens is 1. The summed E-state index contributed by atoms with van der Waals surface area (Å²) in [4.78, 5) is 11.8. The van der Waals surface area contributed by atoms with Gasteiger partial charge in [-0.15, -0.1) is 5.10 Å². The van der Waals surface area contributed by atoms with Crippen molar-refractivity contribution in [1.29, 1.82) is 0 Å². The van der Waals surface area contributed by atoms with Crippen molar-refractivity contribution < 1.29 is 14.3 Å². The minimum atomic E-state index is -0.619. The molecule has 0 saturated heterocycles. The third-order valence-electron chi connectivity index (χ3n) is 3.41. The van der Waals surface area contributed by atoms with Crippen LogP contribution in [-0.4, -0.2) is 23.4 Å². The Morgan fingerprint density at radius 3 is 2.54 bits per heavy atom. The van der Waals surface area contributed by atoms with E-state index < -0.39 is 6.23 Å². The first kappa shape index (κ1) is 16.1. The second-order valence-corrected chi connectivity index (χ2v) is 5.67. The molecule has 2 aromatic carbocycles. The average Bonchev–Trinajstić information content (AvgIpc) is 3.00. The van der Waals surface area contributed by atoms with Crippen LogP contribution in [0.4, 0.5) is 5.69 Å². The molecular formula is C17H16ClN3O3. The molecule has 24 heavy (non-hydrogen) atoms. The molecule has 0 radical (unpaired) electrons. The Hall–Kier alpha value is -2.73.